The maximum absolute atomic E-state index is 4.55. The highest BCUT2D eigenvalue weighted by Gasteiger charge is 2.03. The molecule has 0 aromatic rings. The summed E-state index contributed by atoms with van der Waals surface area (Å²) in [5.41, 5.74) is 1.38. The molecule has 0 heterocycles. The Balaban J connectivity index is 2.02. The summed E-state index contributed by atoms with van der Waals surface area (Å²) in [6.45, 7) is 0.736. The van der Waals surface area contributed by atoms with Crippen LogP contribution in [-0.2, 0) is 4.74 Å². The second-order valence-corrected chi connectivity index (χ2v) is 1.41. The highest BCUT2D eigenvalue weighted by molar-refractivity contribution is 5.21. The van der Waals surface area contributed by atoms with Crippen LogP contribution in [0.3, 0.4) is 0 Å². The fourth-order valence-electron chi connectivity index (χ4n) is 0.321. The second-order valence-electron chi connectivity index (χ2n) is 1.41. The number of ether oxygens (including phenoxy) is 1. The fraction of sp³-hybridized carbons (Fsp3) is 0.400. The smallest absolute Gasteiger partial charge is 0.0705 e. The Labute approximate surface area is 37.6 Å². The van der Waals surface area contributed by atoms with E-state index in [-0.39, 0.29) is 0 Å². The van der Waals surface area contributed by atoms with Gasteiger partial charge in [-0.05, 0) is 12.0 Å². The van der Waals surface area contributed by atoms with Crippen molar-refractivity contribution in [2.75, 3.05) is 6.61 Å². The molecule has 0 N–H and O–H groups in total. The van der Waals surface area contributed by atoms with Crippen LogP contribution in [0.15, 0.2) is 11.6 Å². The monoisotopic (exact) mass is 83.0 g/mol. The average Bonchev–Trinajstić information content (AvgIpc) is 2.21. The summed E-state index contributed by atoms with van der Waals surface area (Å²) in [6, 6.07) is 0. The first-order valence-electron chi connectivity index (χ1n) is 1.98. The first-order valence-corrected chi connectivity index (χ1v) is 1.98. The van der Waals surface area contributed by atoms with E-state index in [0.717, 1.165) is 13.0 Å². The van der Waals surface area contributed by atoms with Crippen LogP contribution in [0.4, 0.5) is 0 Å². The Kier molecular flexibility index (Phi) is 0.926. The predicted octanol–water partition coefficient (Wildman–Crippen LogP) is 1.12. The van der Waals surface area contributed by atoms with Crippen molar-refractivity contribution < 1.29 is 4.74 Å². The molecule has 0 atom stereocenters. The topological polar surface area (TPSA) is 9.23 Å². The largest absolute Gasteiger partial charge is 0.375 e. The third-order valence-electron chi connectivity index (χ3n) is 0.780. The summed E-state index contributed by atoms with van der Waals surface area (Å²) in [5, 5.41) is 0. The van der Waals surface area contributed by atoms with E-state index in [1.807, 2.05) is 0 Å². The van der Waals surface area contributed by atoms with Gasteiger partial charge in [0.2, 0.25) is 0 Å². The number of allylic oxidation sites excluding steroid dienone is 1. The van der Waals surface area contributed by atoms with Crippen molar-refractivity contribution in [1.29, 1.82) is 0 Å². The van der Waals surface area contributed by atoms with E-state index in [9.17, 15) is 0 Å². The molecule has 0 bridgehead atoms. The van der Waals surface area contributed by atoms with E-state index in [1.165, 1.54) is 5.57 Å². The molecule has 6 heavy (non-hydrogen) atoms. The lowest BCUT2D eigenvalue weighted by atomic mass is 10.5. The molecule has 1 rings (SSSR count). The van der Waals surface area contributed by atoms with Crippen LogP contribution in [0.2, 0.25) is 0 Å². The van der Waals surface area contributed by atoms with E-state index in [0.29, 0.717) is 0 Å². The SMILES string of the molecule is [CH2]OCC1=CC1. The van der Waals surface area contributed by atoms with Crippen LogP contribution in [0.25, 0.3) is 0 Å². The molecule has 0 aromatic heterocycles. The van der Waals surface area contributed by atoms with Crippen molar-refractivity contribution in [3.8, 4) is 0 Å². The lowest BCUT2D eigenvalue weighted by Gasteiger charge is -1.83. The molecule has 1 aliphatic rings. The Bertz CT molecular complexity index is 74.0. The van der Waals surface area contributed by atoms with Gasteiger partial charge in [0.05, 0.1) is 13.7 Å². The van der Waals surface area contributed by atoms with E-state index in [2.05, 4.69) is 17.9 Å². The van der Waals surface area contributed by atoms with Gasteiger partial charge < -0.3 is 4.74 Å². The predicted molar refractivity (Wildman–Crippen MR) is 24.0 cm³/mol. The third-order valence-corrected chi connectivity index (χ3v) is 0.780. The van der Waals surface area contributed by atoms with Gasteiger partial charge in [-0.15, -0.1) is 0 Å². The summed E-state index contributed by atoms with van der Waals surface area (Å²) in [5.74, 6) is 0. The van der Waals surface area contributed by atoms with Gasteiger partial charge in [0.25, 0.3) is 0 Å². The van der Waals surface area contributed by atoms with Gasteiger partial charge >= 0.3 is 0 Å². The molecule has 1 heteroatoms. The maximum atomic E-state index is 4.55. The van der Waals surface area contributed by atoms with Crippen LogP contribution < -0.4 is 0 Å². The maximum Gasteiger partial charge on any atom is 0.0705 e. The third kappa shape index (κ3) is 0.830. The van der Waals surface area contributed by atoms with E-state index >= 15 is 0 Å². The zero-order chi connectivity index (χ0) is 4.41. The van der Waals surface area contributed by atoms with Crippen LogP contribution in [-0.4, -0.2) is 6.61 Å². The van der Waals surface area contributed by atoms with Crippen LogP contribution in [0.5, 0.6) is 0 Å². The van der Waals surface area contributed by atoms with E-state index < -0.39 is 0 Å². The lowest BCUT2D eigenvalue weighted by molar-refractivity contribution is 0.276. The zero-order valence-electron chi connectivity index (χ0n) is 3.61. The van der Waals surface area contributed by atoms with Gasteiger partial charge in [-0.1, -0.05) is 6.08 Å². The highest BCUT2D eigenvalue weighted by atomic mass is 16.5. The Hall–Kier alpha value is -0.300. The summed E-state index contributed by atoms with van der Waals surface area (Å²) in [4.78, 5) is 0. The Morgan fingerprint density at radius 3 is 2.83 bits per heavy atom. The number of hydrogen-bond donors (Lipinski definition) is 0. The summed E-state index contributed by atoms with van der Waals surface area (Å²) >= 11 is 0. The van der Waals surface area contributed by atoms with E-state index in [1.54, 1.807) is 0 Å². The van der Waals surface area contributed by atoms with Gasteiger partial charge in [-0.3, -0.25) is 0 Å². The standard InChI is InChI=1S/C5H7O/c1-6-4-5-2-3-5/h2H,1,3-4H2. The molecule has 0 spiro atoms. The van der Waals surface area contributed by atoms with Crippen molar-refractivity contribution in [1.82, 2.24) is 0 Å². The summed E-state index contributed by atoms with van der Waals surface area (Å²) in [6.07, 6.45) is 3.28. The van der Waals surface area contributed by atoms with Gasteiger partial charge in [0, 0.05) is 0 Å². The molecule has 1 nitrogen and oxygen atoms in total. The molecule has 0 unspecified atom stereocenters. The van der Waals surface area contributed by atoms with E-state index in [4.69, 9.17) is 0 Å². The van der Waals surface area contributed by atoms with Gasteiger partial charge in [0.1, 0.15) is 0 Å². The second kappa shape index (κ2) is 1.43. The molecule has 0 aromatic carbocycles. The molecule has 0 saturated heterocycles. The van der Waals surface area contributed by atoms with Crippen molar-refractivity contribution in [2.45, 2.75) is 6.42 Å². The molecule has 0 amide bonds. The molecular weight excluding hydrogens is 76.1 g/mol. The van der Waals surface area contributed by atoms with Gasteiger partial charge in [-0.2, -0.15) is 0 Å². The molecule has 0 saturated carbocycles. The Morgan fingerprint density at radius 1 is 2.00 bits per heavy atom. The minimum Gasteiger partial charge on any atom is -0.375 e. The first-order chi connectivity index (χ1) is 2.93. The van der Waals surface area contributed by atoms with Crippen molar-refractivity contribution >= 4 is 0 Å². The van der Waals surface area contributed by atoms with Gasteiger partial charge in [-0.25, -0.2) is 0 Å². The first kappa shape index (κ1) is 3.88. The minimum atomic E-state index is 0.736. The average molecular weight is 83.1 g/mol. The minimum absolute atomic E-state index is 0.736. The van der Waals surface area contributed by atoms with Crippen molar-refractivity contribution in [3.05, 3.63) is 18.8 Å². The van der Waals surface area contributed by atoms with Gasteiger partial charge in [0.15, 0.2) is 0 Å². The number of hydrogen-bond acceptors (Lipinski definition) is 1. The zero-order valence-corrected chi connectivity index (χ0v) is 3.61. The molecule has 0 aliphatic heterocycles. The molecule has 0 fully saturated rings. The summed E-state index contributed by atoms with van der Waals surface area (Å²) in [7, 11) is 3.22. The molecule has 1 radical (unpaired) electrons. The van der Waals surface area contributed by atoms with Crippen LogP contribution in [0.1, 0.15) is 6.42 Å². The Morgan fingerprint density at radius 2 is 2.67 bits per heavy atom. The lowest BCUT2D eigenvalue weighted by Crippen LogP contribution is -1.78. The molecule has 33 valence electrons. The normalized spacial score (nSPS) is 17.2. The quantitative estimate of drug-likeness (QED) is 0.454. The summed E-state index contributed by atoms with van der Waals surface area (Å²) < 4.78 is 4.55. The number of rotatable bonds is 2. The molecule has 1 aliphatic carbocycles. The highest BCUT2D eigenvalue weighted by Crippen LogP contribution is 2.16. The molecular formula is C5H7O. The fourth-order valence-corrected chi connectivity index (χ4v) is 0.321. The van der Waals surface area contributed by atoms with Crippen molar-refractivity contribution in [3.63, 3.8) is 0 Å². The van der Waals surface area contributed by atoms with Crippen LogP contribution >= 0.6 is 0 Å². The van der Waals surface area contributed by atoms with Crippen LogP contribution in [0, 0.1) is 7.11 Å². The van der Waals surface area contributed by atoms with Crippen molar-refractivity contribution in [2.24, 2.45) is 0 Å².